The number of carbonyl (C=O) groups excluding carboxylic acids is 1. The summed E-state index contributed by atoms with van der Waals surface area (Å²) in [4.78, 5) is 23.8. The maximum Gasteiger partial charge on any atom is 0.255 e. The number of rotatable bonds is 9. The molecule has 1 aromatic carbocycles. The molecule has 0 aliphatic carbocycles. The molecule has 2 aliphatic rings. The molecule has 2 aromatic rings. The van der Waals surface area contributed by atoms with E-state index in [1.54, 1.807) is 12.4 Å². The van der Waals surface area contributed by atoms with Gasteiger partial charge in [-0.3, -0.25) is 9.78 Å². The summed E-state index contributed by atoms with van der Waals surface area (Å²) in [6.07, 6.45) is 6.64. The van der Waals surface area contributed by atoms with Crippen LogP contribution in [0.5, 0.6) is 11.5 Å². The Morgan fingerprint density at radius 1 is 1.17 bits per heavy atom. The second-order valence-corrected chi connectivity index (χ2v) is 9.44. The number of nitrogens with zero attached hydrogens (tertiary/aromatic N) is 3. The van der Waals surface area contributed by atoms with E-state index in [9.17, 15) is 9.90 Å². The third-order valence-corrected chi connectivity index (χ3v) is 6.64. The highest BCUT2D eigenvalue weighted by molar-refractivity contribution is 5.98. The number of benzene rings is 1. The summed E-state index contributed by atoms with van der Waals surface area (Å²) >= 11 is 0. The molecule has 9 nitrogen and oxygen atoms in total. The van der Waals surface area contributed by atoms with Gasteiger partial charge in [-0.2, -0.15) is 0 Å². The second kappa shape index (κ2) is 12.2. The van der Waals surface area contributed by atoms with Gasteiger partial charge in [0, 0.05) is 44.4 Å². The fraction of sp³-hybridized carbons (Fsp3) is 0.577. The van der Waals surface area contributed by atoms with Gasteiger partial charge in [-0.15, -0.1) is 0 Å². The SMILES string of the molecule is Cc1cc2c(c(C(=O)NC[C@@H]3CCN(CCCCNc4nccnc4C)C[C@H]3O)c1)OCCCO2. The summed E-state index contributed by atoms with van der Waals surface area (Å²) < 4.78 is 11.6. The average molecular weight is 484 g/mol. The molecule has 9 heteroatoms. The predicted octanol–water partition coefficient (Wildman–Crippen LogP) is 2.56. The average Bonchev–Trinajstić information content (AvgIpc) is 3.09. The number of unbranched alkanes of at least 4 members (excludes halogenated alkanes) is 1. The van der Waals surface area contributed by atoms with Gasteiger partial charge < -0.3 is 30.1 Å². The van der Waals surface area contributed by atoms with Gasteiger partial charge in [-0.05, 0) is 63.9 Å². The molecule has 190 valence electrons. The lowest BCUT2D eigenvalue weighted by Gasteiger charge is -2.36. The number of β-amino-alcohol motifs (C(OH)–C–C–N with tert-alkyl or cyclic N) is 1. The van der Waals surface area contributed by atoms with Crippen molar-refractivity contribution in [3.8, 4) is 11.5 Å². The van der Waals surface area contributed by atoms with Crippen LogP contribution in [0.25, 0.3) is 0 Å². The number of aromatic nitrogens is 2. The highest BCUT2D eigenvalue weighted by Crippen LogP contribution is 2.34. The molecule has 2 aliphatic heterocycles. The van der Waals surface area contributed by atoms with E-state index in [1.807, 2.05) is 26.0 Å². The Kier molecular flexibility index (Phi) is 8.76. The summed E-state index contributed by atoms with van der Waals surface area (Å²) in [6.45, 7) is 8.80. The summed E-state index contributed by atoms with van der Waals surface area (Å²) in [5.41, 5.74) is 2.36. The van der Waals surface area contributed by atoms with Crippen LogP contribution in [0.3, 0.4) is 0 Å². The number of carbonyl (C=O) groups is 1. The highest BCUT2D eigenvalue weighted by Gasteiger charge is 2.28. The van der Waals surface area contributed by atoms with Crippen LogP contribution in [0.2, 0.25) is 0 Å². The van der Waals surface area contributed by atoms with Crippen molar-refractivity contribution < 1.29 is 19.4 Å². The van der Waals surface area contributed by atoms with Crippen LogP contribution < -0.4 is 20.1 Å². The Balaban J connectivity index is 1.19. The van der Waals surface area contributed by atoms with Gasteiger partial charge >= 0.3 is 0 Å². The van der Waals surface area contributed by atoms with Crippen molar-refractivity contribution >= 4 is 11.7 Å². The summed E-state index contributed by atoms with van der Waals surface area (Å²) in [5, 5.41) is 17.1. The van der Waals surface area contributed by atoms with Crippen molar-refractivity contribution in [2.45, 2.75) is 45.6 Å². The van der Waals surface area contributed by atoms with Crippen LogP contribution in [0.1, 0.15) is 47.3 Å². The zero-order valence-corrected chi connectivity index (χ0v) is 20.8. The van der Waals surface area contributed by atoms with Crippen molar-refractivity contribution in [3.63, 3.8) is 0 Å². The zero-order chi connectivity index (χ0) is 24.6. The number of nitrogens with one attached hydrogen (secondary N) is 2. The molecule has 1 saturated heterocycles. The largest absolute Gasteiger partial charge is 0.490 e. The summed E-state index contributed by atoms with van der Waals surface area (Å²) in [7, 11) is 0. The third kappa shape index (κ3) is 6.82. The molecule has 1 amide bonds. The van der Waals surface area contributed by atoms with Crippen LogP contribution in [0.15, 0.2) is 24.5 Å². The summed E-state index contributed by atoms with van der Waals surface area (Å²) in [5.74, 6) is 1.84. The van der Waals surface area contributed by atoms with E-state index in [-0.39, 0.29) is 11.8 Å². The predicted molar refractivity (Wildman–Crippen MR) is 134 cm³/mol. The number of likely N-dealkylation sites (tertiary alicyclic amines) is 1. The Bertz CT molecular complexity index is 1000. The minimum atomic E-state index is -0.460. The van der Waals surface area contributed by atoms with Crippen LogP contribution in [-0.2, 0) is 0 Å². The molecule has 0 saturated carbocycles. The van der Waals surface area contributed by atoms with Crippen LogP contribution >= 0.6 is 0 Å². The number of hydrogen-bond acceptors (Lipinski definition) is 8. The number of fused-ring (bicyclic) bond motifs is 1. The lowest BCUT2D eigenvalue weighted by atomic mass is 9.93. The first-order valence-electron chi connectivity index (χ1n) is 12.6. The van der Waals surface area contributed by atoms with E-state index >= 15 is 0 Å². The van der Waals surface area contributed by atoms with Gasteiger partial charge in [0.2, 0.25) is 0 Å². The minimum Gasteiger partial charge on any atom is -0.490 e. The Labute approximate surface area is 207 Å². The molecule has 2 atom stereocenters. The van der Waals surface area contributed by atoms with Gasteiger partial charge in [0.15, 0.2) is 11.5 Å². The maximum atomic E-state index is 13.0. The van der Waals surface area contributed by atoms with Crippen molar-refractivity contribution in [3.05, 3.63) is 41.3 Å². The van der Waals surface area contributed by atoms with E-state index in [4.69, 9.17) is 9.47 Å². The minimum absolute atomic E-state index is 0.0390. The third-order valence-electron chi connectivity index (χ3n) is 6.64. The fourth-order valence-electron chi connectivity index (χ4n) is 4.63. The van der Waals surface area contributed by atoms with Gasteiger partial charge in [-0.1, -0.05) is 0 Å². The quantitative estimate of drug-likeness (QED) is 0.467. The molecule has 1 fully saturated rings. The number of aryl methyl sites for hydroxylation is 2. The molecule has 4 rings (SSSR count). The first kappa shape index (κ1) is 25.2. The van der Waals surface area contributed by atoms with E-state index in [0.717, 1.165) is 62.4 Å². The Hall–Kier alpha value is -2.91. The number of aliphatic hydroxyl groups excluding tert-OH is 1. The number of anilines is 1. The first-order valence-corrected chi connectivity index (χ1v) is 12.6. The molecule has 3 heterocycles. The molecule has 0 unspecified atom stereocenters. The number of ether oxygens (including phenoxy) is 2. The van der Waals surface area contributed by atoms with Crippen molar-refractivity contribution in [1.82, 2.24) is 20.2 Å². The highest BCUT2D eigenvalue weighted by atomic mass is 16.5. The number of hydrogen-bond donors (Lipinski definition) is 3. The molecule has 3 N–H and O–H groups in total. The topological polar surface area (TPSA) is 109 Å². The van der Waals surface area contributed by atoms with Gasteiger partial charge in [0.1, 0.15) is 5.82 Å². The molecule has 0 bridgehead atoms. The van der Waals surface area contributed by atoms with Crippen molar-refractivity contribution in [2.24, 2.45) is 5.92 Å². The number of amides is 1. The van der Waals surface area contributed by atoms with Crippen LogP contribution in [0, 0.1) is 19.8 Å². The van der Waals surface area contributed by atoms with Crippen LogP contribution in [-0.4, -0.2) is 77.9 Å². The first-order chi connectivity index (χ1) is 17.0. The van der Waals surface area contributed by atoms with Gasteiger partial charge in [-0.25, -0.2) is 4.98 Å². The molecule has 0 spiro atoms. The Morgan fingerprint density at radius 3 is 2.83 bits per heavy atom. The van der Waals surface area contributed by atoms with Gasteiger partial charge in [0.05, 0.1) is 30.6 Å². The Morgan fingerprint density at radius 2 is 2.00 bits per heavy atom. The van der Waals surface area contributed by atoms with Crippen molar-refractivity contribution in [2.75, 3.05) is 51.3 Å². The van der Waals surface area contributed by atoms with E-state index in [2.05, 4.69) is 25.5 Å². The second-order valence-electron chi connectivity index (χ2n) is 9.44. The van der Waals surface area contributed by atoms with Crippen LogP contribution in [0.4, 0.5) is 5.82 Å². The standard InChI is InChI=1S/C26H37N5O4/c1-18-14-21(24-23(15-18)34-12-5-13-35-24)26(33)30-16-20-6-11-31(17-22(20)32)10-4-3-7-28-25-19(2)27-8-9-29-25/h8-9,14-15,20,22,32H,3-7,10-13,16-17H2,1-2H3,(H,28,29)(H,30,33)/t20-,22+/m0/s1. The summed E-state index contributed by atoms with van der Waals surface area (Å²) in [6, 6.07) is 3.74. The zero-order valence-electron chi connectivity index (χ0n) is 20.8. The molecular weight excluding hydrogens is 446 g/mol. The molecular formula is C26H37N5O4. The lowest BCUT2D eigenvalue weighted by molar-refractivity contribution is 0.0217. The normalized spacial score (nSPS) is 20.2. The molecule has 35 heavy (non-hydrogen) atoms. The fourth-order valence-corrected chi connectivity index (χ4v) is 4.63. The number of aliphatic hydroxyl groups is 1. The van der Waals surface area contributed by atoms with Crippen molar-refractivity contribution in [1.29, 1.82) is 0 Å². The lowest BCUT2D eigenvalue weighted by Crippen LogP contribution is -2.47. The molecule has 0 radical (unpaired) electrons. The van der Waals surface area contributed by atoms with E-state index in [0.29, 0.717) is 43.4 Å². The number of piperidine rings is 1. The smallest absolute Gasteiger partial charge is 0.255 e. The van der Waals surface area contributed by atoms with E-state index < -0.39 is 6.10 Å². The molecule has 1 aromatic heterocycles. The van der Waals surface area contributed by atoms with Gasteiger partial charge in [0.25, 0.3) is 5.91 Å². The monoisotopic (exact) mass is 483 g/mol. The maximum absolute atomic E-state index is 13.0. The van der Waals surface area contributed by atoms with E-state index in [1.165, 1.54) is 0 Å².